The first-order chi connectivity index (χ1) is 15.9. The number of ether oxygens (including phenoxy) is 2. The highest BCUT2D eigenvalue weighted by Crippen LogP contribution is 2.67. The van der Waals surface area contributed by atoms with E-state index in [9.17, 15) is 5.11 Å². The van der Waals surface area contributed by atoms with Crippen LogP contribution in [0.1, 0.15) is 99.8 Å². The zero-order valence-corrected chi connectivity index (χ0v) is 23.3. The molecule has 0 aromatic heterocycles. The minimum absolute atomic E-state index is 0.171. The van der Waals surface area contributed by atoms with Crippen molar-refractivity contribution >= 4 is 0 Å². The van der Waals surface area contributed by atoms with Gasteiger partial charge in [0.15, 0.2) is 0 Å². The monoisotopic (exact) mass is 472 g/mol. The lowest BCUT2D eigenvalue weighted by atomic mass is 9.61. The van der Waals surface area contributed by atoms with Crippen molar-refractivity contribution in [1.29, 1.82) is 0 Å². The predicted octanol–water partition coefficient (Wildman–Crippen LogP) is 7.34. The summed E-state index contributed by atoms with van der Waals surface area (Å²) >= 11 is 0. The molecule has 0 amide bonds. The lowest BCUT2D eigenvalue weighted by Crippen LogP contribution is -2.36. The average Bonchev–Trinajstić information content (AvgIpc) is 3.12. The topological polar surface area (TPSA) is 38.7 Å². The van der Waals surface area contributed by atoms with E-state index in [-0.39, 0.29) is 12.0 Å². The van der Waals surface area contributed by atoms with Gasteiger partial charge in [0.25, 0.3) is 0 Å². The van der Waals surface area contributed by atoms with Gasteiger partial charge in [0.1, 0.15) is 0 Å². The summed E-state index contributed by atoms with van der Waals surface area (Å²) in [5.41, 5.74) is 1.74. The Hall–Kier alpha value is -0.640. The molecule has 0 aliphatic heterocycles. The quantitative estimate of drug-likeness (QED) is 0.357. The van der Waals surface area contributed by atoms with Crippen LogP contribution in [0.4, 0.5) is 0 Å². The molecule has 34 heavy (non-hydrogen) atoms. The summed E-state index contributed by atoms with van der Waals surface area (Å²) in [7, 11) is 1.93. The van der Waals surface area contributed by atoms with Gasteiger partial charge in [0.2, 0.25) is 0 Å². The molecule has 9 atom stereocenters. The molecule has 4 saturated carbocycles. The minimum atomic E-state index is -0.659. The fourth-order valence-electron chi connectivity index (χ4n) is 8.26. The second-order valence-electron chi connectivity index (χ2n) is 13.6. The van der Waals surface area contributed by atoms with E-state index < -0.39 is 5.60 Å². The van der Waals surface area contributed by atoms with Gasteiger partial charge in [-0.25, -0.2) is 0 Å². The lowest BCUT2D eigenvalue weighted by molar-refractivity contribution is -0.00925. The summed E-state index contributed by atoms with van der Waals surface area (Å²) in [6, 6.07) is 0. The van der Waals surface area contributed by atoms with Gasteiger partial charge < -0.3 is 14.6 Å². The van der Waals surface area contributed by atoms with Crippen LogP contribution >= 0.6 is 0 Å². The summed E-state index contributed by atoms with van der Waals surface area (Å²) in [5.74, 6) is 2.92. The SMILES string of the molecule is COC(C=C1CCCC2(C)C1CCC2C(C)C=CC(C)C(C)(C)O)C12CC(OC(C)C)CC1C2. The summed E-state index contributed by atoms with van der Waals surface area (Å²) in [6.45, 7) is 15.3. The van der Waals surface area contributed by atoms with E-state index in [4.69, 9.17) is 9.47 Å². The van der Waals surface area contributed by atoms with E-state index in [0.29, 0.717) is 34.9 Å². The third kappa shape index (κ3) is 4.96. The van der Waals surface area contributed by atoms with Crippen LogP contribution in [-0.4, -0.2) is 36.1 Å². The number of aliphatic hydroxyl groups is 1. The summed E-state index contributed by atoms with van der Waals surface area (Å²) in [4.78, 5) is 0. The molecule has 4 fully saturated rings. The Morgan fingerprint density at radius 3 is 2.47 bits per heavy atom. The molecule has 9 unspecified atom stereocenters. The van der Waals surface area contributed by atoms with E-state index in [0.717, 1.165) is 11.8 Å². The lowest BCUT2D eigenvalue weighted by Gasteiger charge is -2.44. The fourth-order valence-corrected chi connectivity index (χ4v) is 8.26. The molecule has 4 rings (SSSR count). The number of rotatable bonds is 9. The van der Waals surface area contributed by atoms with Gasteiger partial charge in [0.05, 0.1) is 23.9 Å². The molecule has 194 valence electrons. The highest BCUT2D eigenvalue weighted by atomic mass is 16.5. The maximum Gasteiger partial charge on any atom is 0.0814 e. The molecule has 0 aromatic rings. The van der Waals surface area contributed by atoms with Gasteiger partial charge in [-0.1, -0.05) is 44.6 Å². The standard InChI is InChI=1S/C31H52O3/c1-20(2)34-25-17-24-18-31(24,19-25)28(33-8)16-23-10-9-15-30(7)26(13-14-27(23)30)21(3)11-12-22(4)29(5,6)32/h11-12,16,20-22,24-28,32H,9-10,13-15,17-19H2,1-8H3. The highest BCUT2D eigenvalue weighted by molar-refractivity contribution is 5.25. The number of allylic oxidation sites excluding steroid dienone is 2. The molecule has 0 saturated heterocycles. The van der Waals surface area contributed by atoms with Gasteiger partial charge in [-0.05, 0) is 108 Å². The van der Waals surface area contributed by atoms with E-state index in [1.165, 1.54) is 51.4 Å². The van der Waals surface area contributed by atoms with Gasteiger partial charge in [-0.3, -0.25) is 0 Å². The summed E-state index contributed by atoms with van der Waals surface area (Å²) in [6.07, 6.45) is 18.5. The Morgan fingerprint density at radius 2 is 1.82 bits per heavy atom. The molecular weight excluding hydrogens is 420 g/mol. The smallest absolute Gasteiger partial charge is 0.0814 e. The largest absolute Gasteiger partial charge is 0.390 e. The molecular formula is C31H52O3. The molecule has 0 spiro atoms. The second kappa shape index (κ2) is 9.67. The average molecular weight is 473 g/mol. The number of fused-ring (bicyclic) bond motifs is 2. The van der Waals surface area contributed by atoms with E-state index in [1.54, 1.807) is 5.57 Å². The number of hydrogen-bond acceptors (Lipinski definition) is 3. The Balaban J connectivity index is 1.48. The molecule has 4 aliphatic carbocycles. The van der Waals surface area contributed by atoms with Gasteiger partial charge in [0, 0.05) is 18.4 Å². The molecule has 1 N–H and O–H groups in total. The van der Waals surface area contributed by atoms with Crippen LogP contribution in [0.15, 0.2) is 23.8 Å². The molecule has 3 heteroatoms. The third-order valence-corrected chi connectivity index (χ3v) is 10.6. The summed E-state index contributed by atoms with van der Waals surface area (Å²) in [5, 5.41) is 10.3. The predicted molar refractivity (Wildman–Crippen MR) is 141 cm³/mol. The van der Waals surface area contributed by atoms with Crippen LogP contribution in [0.2, 0.25) is 0 Å². The van der Waals surface area contributed by atoms with Crippen LogP contribution in [-0.2, 0) is 9.47 Å². The minimum Gasteiger partial charge on any atom is -0.390 e. The Labute approximate surface area is 209 Å². The van der Waals surface area contributed by atoms with Gasteiger partial charge in [-0.2, -0.15) is 0 Å². The van der Waals surface area contributed by atoms with Crippen LogP contribution < -0.4 is 0 Å². The van der Waals surface area contributed by atoms with Gasteiger partial charge in [-0.15, -0.1) is 0 Å². The van der Waals surface area contributed by atoms with Crippen molar-refractivity contribution in [3.63, 3.8) is 0 Å². The molecule has 0 aromatic carbocycles. The van der Waals surface area contributed by atoms with E-state index in [1.807, 2.05) is 21.0 Å². The Bertz CT molecular complexity index is 776. The first-order valence-corrected chi connectivity index (χ1v) is 14.2. The number of methoxy groups -OCH3 is 1. The first-order valence-electron chi connectivity index (χ1n) is 14.2. The van der Waals surface area contributed by atoms with Crippen LogP contribution in [0, 0.1) is 40.4 Å². The van der Waals surface area contributed by atoms with Crippen molar-refractivity contribution in [1.82, 2.24) is 0 Å². The first kappa shape index (κ1) is 26.4. The third-order valence-electron chi connectivity index (χ3n) is 10.6. The maximum atomic E-state index is 10.3. The second-order valence-corrected chi connectivity index (χ2v) is 13.6. The summed E-state index contributed by atoms with van der Waals surface area (Å²) < 4.78 is 12.4. The van der Waals surface area contributed by atoms with E-state index in [2.05, 4.69) is 52.8 Å². The molecule has 3 nitrogen and oxygen atoms in total. The van der Waals surface area contributed by atoms with E-state index >= 15 is 0 Å². The Kier molecular flexibility index (Phi) is 7.52. The van der Waals surface area contributed by atoms with Crippen molar-refractivity contribution in [2.75, 3.05) is 7.11 Å². The van der Waals surface area contributed by atoms with Crippen molar-refractivity contribution in [2.45, 2.75) is 124 Å². The molecule has 0 heterocycles. The van der Waals surface area contributed by atoms with Crippen molar-refractivity contribution in [3.05, 3.63) is 23.8 Å². The molecule has 0 bridgehead atoms. The van der Waals surface area contributed by atoms with Crippen LogP contribution in [0.25, 0.3) is 0 Å². The van der Waals surface area contributed by atoms with Crippen molar-refractivity contribution in [2.24, 2.45) is 40.4 Å². The van der Waals surface area contributed by atoms with Crippen LogP contribution in [0.3, 0.4) is 0 Å². The highest BCUT2D eigenvalue weighted by Gasteiger charge is 2.64. The van der Waals surface area contributed by atoms with Crippen molar-refractivity contribution < 1.29 is 14.6 Å². The molecule has 4 aliphatic rings. The normalized spacial score (nSPS) is 41.6. The van der Waals surface area contributed by atoms with Crippen LogP contribution in [0.5, 0.6) is 0 Å². The zero-order chi connectivity index (χ0) is 24.9. The zero-order valence-electron chi connectivity index (χ0n) is 23.3. The van der Waals surface area contributed by atoms with Gasteiger partial charge >= 0.3 is 0 Å². The number of hydrogen-bond donors (Lipinski definition) is 1. The Morgan fingerprint density at radius 1 is 1.09 bits per heavy atom. The van der Waals surface area contributed by atoms with Crippen molar-refractivity contribution in [3.8, 4) is 0 Å². The molecule has 0 radical (unpaired) electrons. The fraction of sp³-hybridized carbons (Fsp3) is 0.871. The maximum absolute atomic E-state index is 10.3.